The number of carbonyl (C=O) groups excluding carboxylic acids is 1. The molecule has 158 valence electrons. The average molecular weight is 414 g/mol. The maximum Gasteiger partial charge on any atom is 0.221 e. The number of rotatable bonds is 9. The average Bonchev–Trinajstić information content (AvgIpc) is 3.36. The van der Waals surface area contributed by atoms with E-state index in [0.29, 0.717) is 38.6 Å². The van der Waals surface area contributed by atoms with Crippen molar-refractivity contribution in [1.29, 1.82) is 0 Å². The molecule has 1 amide bonds. The maximum atomic E-state index is 12.1. The summed E-state index contributed by atoms with van der Waals surface area (Å²) < 4.78 is 32.5. The van der Waals surface area contributed by atoms with Crippen LogP contribution in [0.5, 0.6) is 0 Å². The molecule has 10 heteroatoms. The van der Waals surface area contributed by atoms with E-state index in [1.54, 1.807) is 15.2 Å². The lowest BCUT2D eigenvalue weighted by molar-refractivity contribution is -0.121. The van der Waals surface area contributed by atoms with E-state index in [2.05, 4.69) is 15.3 Å². The largest absolute Gasteiger partial charge is 0.381 e. The molecule has 1 N–H and O–H groups in total. The van der Waals surface area contributed by atoms with Crippen LogP contribution < -0.4 is 5.32 Å². The fourth-order valence-corrected chi connectivity index (χ4v) is 4.90. The third kappa shape index (κ3) is 6.00. The van der Waals surface area contributed by atoms with Crippen molar-refractivity contribution in [2.75, 3.05) is 45.6 Å². The van der Waals surface area contributed by atoms with E-state index in [4.69, 9.17) is 4.74 Å². The zero-order chi connectivity index (χ0) is 20.0. The highest BCUT2D eigenvalue weighted by atomic mass is 32.2. The van der Waals surface area contributed by atoms with Crippen LogP contribution in [-0.4, -0.2) is 91.0 Å². The van der Waals surface area contributed by atoms with Gasteiger partial charge in [0.1, 0.15) is 0 Å². The molecule has 2 fully saturated rings. The summed E-state index contributed by atoms with van der Waals surface area (Å²) in [6, 6.07) is 2.41. The van der Waals surface area contributed by atoms with Crippen molar-refractivity contribution in [3.8, 4) is 0 Å². The number of carbonyl (C=O) groups is 1. The highest BCUT2D eigenvalue weighted by Gasteiger charge is 2.35. The molecule has 28 heavy (non-hydrogen) atoms. The Morgan fingerprint density at radius 2 is 2.07 bits per heavy atom. The van der Waals surface area contributed by atoms with E-state index in [1.807, 2.05) is 12.3 Å². The summed E-state index contributed by atoms with van der Waals surface area (Å²) in [5.74, 6) is 0.00612. The first-order valence-electron chi connectivity index (χ1n) is 9.96. The standard InChI is InChI=1S/C18H31N5O4S/c1-28(25,26)22-11-3-17(15-22)23(16-5-13-27-14-6-16)12-8-19-18(24)4-10-21-9-2-7-20-21/h2,7,9,16-17H,3-6,8,10-15H2,1H3,(H,19,24). The maximum absolute atomic E-state index is 12.1. The van der Waals surface area contributed by atoms with E-state index in [0.717, 1.165) is 39.0 Å². The first-order valence-corrected chi connectivity index (χ1v) is 11.8. The first kappa shape index (κ1) is 21.2. The molecule has 3 rings (SSSR count). The molecule has 2 aliphatic rings. The fraction of sp³-hybridized carbons (Fsp3) is 0.778. The van der Waals surface area contributed by atoms with Crippen LogP contribution >= 0.6 is 0 Å². The predicted octanol–water partition coefficient (Wildman–Crippen LogP) is -0.0957. The molecule has 0 saturated carbocycles. The Balaban J connectivity index is 1.50. The van der Waals surface area contributed by atoms with E-state index < -0.39 is 10.0 Å². The highest BCUT2D eigenvalue weighted by Crippen LogP contribution is 2.24. The lowest BCUT2D eigenvalue weighted by Gasteiger charge is -2.38. The summed E-state index contributed by atoms with van der Waals surface area (Å²) >= 11 is 0. The van der Waals surface area contributed by atoms with E-state index in [1.165, 1.54) is 6.26 Å². The molecule has 2 aliphatic heterocycles. The van der Waals surface area contributed by atoms with Gasteiger partial charge in [-0.15, -0.1) is 0 Å². The molecule has 0 radical (unpaired) electrons. The molecule has 0 bridgehead atoms. The van der Waals surface area contributed by atoms with Crippen LogP contribution in [0, 0.1) is 0 Å². The van der Waals surface area contributed by atoms with Crippen LogP contribution in [0.1, 0.15) is 25.7 Å². The number of nitrogens with zero attached hydrogens (tertiary/aromatic N) is 4. The second-order valence-corrected chi connectivity index (χ2v) is 9.50. The number of hydrogen-bond acceptors (Lipinski definition) is 6. The molecule has 0 aromatic carbocycles. The number of amides is 1. The third-order valence-electron chi connectivity index (χ3n) is 5.54. The lowest BCUT2D eigenvalue weighted by Crippen LogP contribution is -2.50. The summed E-state index contributed by atoms with van der Waals surface area (Å²) in [5, 5.41) is 7.09. The minimum Gasteiger partial charge on any atom is -0.381 e. The normalized spacial score (nSPS) is 22.0. The van der Waals surface area contributed by atoms with Gasteiger partial charge < -0.3 is 10.1 Å². The van der Waals surface area contributed by atoms with Gasteiger partial charge in [-0.05, 0) is 25.3 Å². The SMILES string of the molecule is CS(=O)(=O)N1CCC(N(CCNC(=O)CCn2cccn2)C2CCOCC2)C1. The topological polar surface area (TPSA) is 96.8 Å². The Bertz CT molecular complexity index is 718. The summed E-state index contributed by atoms with van der Waals surface area (Å²) in [4.78, 5) is 14.5. The van der Waals surface area contributed by atoms with Crippen molar-refractivity contribution < 1.29 is 17.9 Å². The monoisotopic (exact) mass is 413 g/mol. The number of hydrogen-bond donors (Lipinski definition) is 1. The van der Waals surface area contributed by atoms with Crippen LogP contribution in [0.15, 0.2) is 18.5 Å². The molecular weight excluding hydrogens is 382 g/mol. The Kier molecular flexibility index (Phi) is 7.44. The second-order valence-electron chi connectivity index (χ2n) is 7.51. The number of ether oxygens (including phenoxy) is 1. The van der Waals surface area contributed by atoms with Crippen molar-refractivity contribution in [1.82, 2.24) is 24.3 Å². The Morgan fingerprint density at radius 3 is 2.71 bits per heavy atom. The molecule has 0 spiro atoms. The van der Waals surface area contributed by atoms with Gasteiger partial charge in [0.2, 0.25) is 15.9 Å². The zero-order valence-corrected chi connectivity index (χ0v) is 17.3. The van der Waals surface area contributed by atoms with Crippen molar-refractivity contribution in [2.24, 2.45) is 0 Å². The van der Waals surface area contributed by atoms with Gasteiger partial charge in [0.25, 0.3) is 0 Å². The molecule has 1 atom stereocenters. The molecule has 1 unspecified atom stereocenters. The fourth-order valence-electron chi connectivity index (χ4n) is 4.02. The smallest absolute Gasteiger partial charge is 0.221 e. The van der Waals surface area contributed by atoms with Crippen LogP contribution in [-0.2, 0) is 26.1 Å². The van der Waals surface area contributed by atoms with Crippen molar-refractivity contribution in [3.05, 3.63) is 18.5 Å². The Morgan fingerprint density at radius 1 is 1.29 bits per heavy atom. The summed E-state index contributed by atoms with van der Waals surface area (Å²) in [6.45, 7) is 4.42. The Hall–Kier alpha value is -1.49. The minimum atomic E-state index is -3.16. The van der Waals surface area contributed by atoms with E-state index in [9.17, 15) is 13.2 Å². The van der Waals surface area contributed by atoms with Gasteiger partial charge in [-0.1, -0.05) is 0 Å². The summed E-state index contributed by atoms with van der Waals surface area (Å²) in [7, 11) is -3.16. The van der Waals surface area contributed by atoms with Gasteiger partial charge in [0.15, 0.2) is 0 Å². The third-order valence-corrected chi connectivity index (χ3v) is 6.81. The second kappa shape index (κ2) is 9.82. The van der Waals surface area contributed by atoms with Crippen molar-refractivity contribution in [2.45, 2.75) is 44.3 Å². The zero-order valence-electron chi connectivity index (χ0n) is 16.5. The van der Waals surface area contributed by atoms with Crippen LogP contribution in [0.25, 0.3) is 0 Å². The van der Waals surface area contributed by atoms with E-state index in [-0.39, 0.29) is 11.9 Å². The predicted molar refractivity (Wildman–Crippen MR) is 105 cm³/mol. The first-order chi connectivity index (χ1) is 13.4. The van der Waals surface area contributed by atoms with Gasteiger partial charge in [0, 0.05) is 76.8 Å². The minimum absolute atomic E-state index is 0.00612. The molecule has 1 aromatic rings. The molecule has 1 aromatic heterocycles. The lowest BCUT2D eigenvalue weighted by atomic mass is 10.0. The molecule has 9 nitrogen and oxygen atoms in total. The van der Waals surface area contributed by atoms with Gasteiger partial charge in [-0.3, -0.25) is 14.4 Å². The van der Waals surface area contributed by atoms with Gasteiger partial charge >= 0.3 is 0 Å². The molecular formula is C18H31N5O4S. The van der Waals surface area contributed by atoms with Gasteiger partial charge in [0.05, 0.1) is 6.26 Å². The van der Waals surface area contributed by atoms with Gasteiger partial charge in [-0.2, -0.15) is 5.10 Å². The highest BCUT2D eigenvalue weighted by molar-refractivity contribution is 7.88. The van der Waals surface area contributed by atoms with Gasteiger partial charge in [-0.25, -0.2) is 12.7 Å². The summed E-state index contributed by atoms with van der Waals surface area (Å²) in [5.41, 5.74) is 0. The quantitative estimate of drug-likeness (QED) is 0.608. The number of sulfonamides is 1. The number of aryl methyl sites for hydroxylation is 1. The Labute approximate surface area is 167 Å². The molecule has 3 heterocycles. The number of aromatic nitrogens is 2. The van der Waals surface area contributed by atoms with Crippen LogP contribution in [0.3, 0.4) is 0 Å². The van der Waals surface area contributed by atoms with Crippen LogP contribution in [0.2, 0.25) is 0 Å². The molecule has 2 saturated heterocycles. The van der Waals surface area contributed by atoms with Crippen LogP contribution in [0.4, 0.5) is 0 Å². The summed E-state index contributed by atoms with van der Waals surface area (Å²) in [6.07, 6.45) is 7.93. The van der Waals surface area contributed by atoms with Crippen molar-refractivity contribution in [3.63, 3.8) is 0 Å². The number of nitrogens with one attached hydrogen (secondary N) is 1. The molecule has 0 aliphatic carbocycles. The van der Waals surface area contributed by atoms with E-state index >= 15 is 0 Å². The van der Waals surface area contributed by atoms with Crippen molar-refractivity contribution >= 4 is 15.9 Å².